The van der Waals surface area contributed by atoms with E-state index >= 15 is 0 Å². The molecule has 1 aromatic rings. The number of hydrogen-bond acceptors (Lipinski definition) is 3. The lowest BCUT2D eigenvalue weighted by atomic mass is 10.1. The first-order valence-electron chi connectivity index (χ1n) is 4.57. The normalized spacial score (nSPS) is 10.1. The molecule has 2 nitrogen and oxygen atoms in total. The third-order valence-corrected chi connectivity index (χ3v) is 2.80. The maximum atomic E-state index is 13.2. The lowest BCUT2D eigenvalue weighted by Gasteiger charge is -2.11. The highest BCUT2D eigenvalue weighted by molar-refractivity contribution is 7.98. The predicted octanol–water partition coefficient (Wildman–Crippen LogP) is 2.69. The Bertz CT molecular complexity index is 353. The minimum absolute atomic E-state index is 0.291. The molecule has 0 bridgehead atoms. The molecule has 0 N–H and O–H groups in total. The van der Waals surface area contributed by atoms with E-state index in [1.54, 1.807) is 7.11 Å². The van der Waals surface area contributed by atoms with E-state index in [1.165, 1.54) is 23.9 Å². The first-order chi connectivity index (χ1) is 7.22. The molecule has 0 spiro atoms. The molecule has 0 atom stereocenters. The SMILES string of the molecule is COc1c(CCC=O)cc(F)cc1SC. The van der Waals surface area contributed by atoms with Crippen LogP contribution in [0, 0.1) is 5.82 Å². The number of thioether (sulfide) groups is 1. The molecule has 0 aromatic heterocycles. The molecule has 0 aliphatic heterocycles. The Morgan fingerprint density at radius 3 is 2.80 bits per heavy atom. The number of halogens is 1. The molecule has 0 radical (unpaired) electrons. The van der Waals surface area contributed by atoms with Crippen molar-refractivity contribution >= 4 is 18.0 Å². The van der Waals surface area contributed by atoms with E-state index in [9.17, 15) is 9.18 Å². The molecule has 0 fully saturated rings. The van der Waals surface area contributed by atoms with Crippen molar-refractivity contribution in [1.82, 2.24) is 0 Å². The first-order valence-corrected chi connectivity index (χ1v) is 5.79. The van der Waals surface area contributed by atoms with Gasteiger partial charge in [0.25, 0.3) is 0 Å². The largest absolute Gasteiger partial charge is 0.495 e. The Kier molecular flexibility index (Phi) is 4.62. The summed E-state index contributed by atoms with van der Waals surface area (Å²) < 4.78 is 18.4. The minimum Gasteiger partial charge on any atom is -0.495 e. The monoisotopic (exact) mass is 228 g/mol. The maximum absolute atomic E-state index is 13.2. The average molecular weight is 228 g/mol. The van der Waals surface area contributed by atoms with E-state index in [1.807, 2.05) is 6.26 Å². The van der Waals surface area contributed by atoms with Gasteiger partial charge in [0.15, 0.2) is 0 Å². The van der Waals surface area contributed by atoms with Crippen molar-refractivity contribution in [2.24, 2.45) is 0 Å². The van der Waals surface area contributed by atoms with Crippen molar-refractivity contribution in [1.29, 1.82) is 0 Å². The summed E-state index contributed by atoms with van der Waals surface area (Å²) in [4.78, 5) is 11.0. The summed E-state index contributed by atoms with van der Waals surface area (Å²) in [5.41, 5.74) is 0.744. The number of aldehydes is 1. The van der Waals surface area contributed by atoms with Gasteiger partial charge in [-0.3, -0.25) is 0 Å². The Balaban J connectivity index is 3.10. The molecule has 82 valence electrons. The van der Waals surface area contributed by atoms with Crippen molar-refractivity contribution < 1.29 is 13.9 Å². The van der Waals surface area contributed by atoms with Crippen molar-refractivity contribution in [3.05, 3.63) is 23.5 Å². The summed E-state index contributed by atoms with van der Waals surface area (Å²) in [5, 5.41) is 0. The third-order valence-electron chi connectivity index (χ3n) is 2.05. The van der Waals surface area contributed by atoms with Crippen LogP contribution in [0.25, 0.3) is 0 Å². The third kappa shape index (κ3) is 2.96. The summed E-state index contributed by atoms with van der Waals surface area (Å²) in [6, 6.07) is 2.86. The average Bonchev–Trinajstić information content (AvgIpc) is 2.25. The minimum atomic E-state index is -0.291. The van der Waals surface area contributed by atoms with Gasteiger partial charge in [0.1, 0.15) is 17.9 Å². The lowest BCUT2D eigenvalue weighted by molar-refractivity contribution is -0.107. The molecular formula is C11H13FO2S. The van der Waals surface area contributed by atoms with Crippen LogP contribution in [-0.4, -0.2) is 19.7 Å². The van der Waals surface area contributed by atoms with Crippen LogP contribution in [0.5, 0.6) is 5.75 Å². The fourth-order valence-corrected chi connectivity index (χ4v) is 2.04. The predicted molar refractivity (Wildman–Crippen MR) is 59.1 cm³/mol. The quantitative estimate of drug-likeness (QED) is 0.572. The van der Waals surface area contributed by atoms with Gasteiger partial charge >= 0.3 is 0 Å². The summed E-state index contributed by atoms with van der Waals surface area (Å²) >= 11 is 1.43. The van der Waals surface area contributed by atoms with Crippen LogP contribution in [0.4, 0.5) is 4.39 Å². The topological polar surface area (TPSA) is 26.3 Å². The van der Waals surface area contributed by atoms with Crippen molar-refractivity contribution in [2.75, 3.05) is 13.4 Å². The summed E-state index contributed by atoms with van der Waals surface area (Å²) in [6.07, 6.45) is 3.58. The van der Waals surface area contributed by atoms with Gasteiger partial charge in [-0.15, -0.1) is 11.8 Å². The van der Waals surface area contributed by atoms with Gasteiger partial charge in [-0.25, -0.2) is 4.39 Å². The number of benzene rings is 1. The number of methoxy groups -OCH3 is 1. The molecule has 15 heavy (non-hydrogen) atoms. The molecule has 0 aliphatic rings. The zero-order valence-electron chi connectivity index (χ0n) is 8.75. The molecule has 1 rings (SSSR count). The van der Waals surface area contributed by atoms with Crippen LogP contribution < -0.4 is 4.74 Å². The van der Waals surface area contributed by atoms with E-state index in [2.05, 4.69) is 0 Å². The molecule has 0 aliphatic carbocycles. The van der Waals surface area contributed by atoms with Gasteiger partial charge in [-0.2, -0.15) is 0 Å². The molecular weight excluding hydrogens is 215 g/mol. The van der Waals surface area contributed by atoms with E-state index in [0.29, 0.717) is 18.6 Å². The lowest BCUT2D eigenvalue weighted by Crippen LogP contribution is -1.96. The standard InChI is InChI=1S/C11H13FO2S/c1-14-11-8(4-3-5-13)6-9(12)7-10(11)15-2/h5-7H,3-4H2,1-2H3. The van der Waals surface area contributed by atoms with E-state index in [0.717, 1.165) is 16.7 Å². The molecule has 0 unspecified atom stereocenters. The van der Waals surface area contributed by atoms with Gasteiger partial charge in [0.05, 0.1) is 12.0 Å². The second-order valence-electron chi connectivity index (χ2n) is 3.01. The molecule has 4 heteroatoms. The Morgan fingerprint density at radius 1 is 1.53 bits per heavy atom. The fourth-order valence-electron chi connectivity index (χ4n) is 1.41. The van der Waals surface area contributed by atoms with Crippen LogP contribution in [0.1, 0.15) is 12.0 Å². The summed E-state index contributed by atoms with van der Waals surface area (Å²) in [5.74, 6) is 0.381. The van der Waals surface area contributed by atoms with Gasteiger partial charge in [0.2, 0.25) is 0 Å². The molecule has 0 amide bonds. The number of ether oxygens (including phenoxy) is 1. The zero-order chi connectivity index (χ0) is 11.3. The van der Waals surface area contributed by atoms with Gasteiger partial charge < -0.3 is 9.53 Å². The number of carbonyl (C=O) groups is 1. The van der Waals surface area contributed by atoms with Gasteiger partial charge in [0, 0.05) is 6.42 Å². The summed E-state index contributed by atoms with van der Waals surface area (Å²) in [7, 11) is 1.55. The second kappa shape index (κ2) is 5.75. The van der Waals surface area contributed by atoms with Crippen molar-refractivity contribution in [3.8, 4) is 5.75 Å². The molecule has 1 aromatic carbocycles. The zero-order valence-corrected chi connectivity index (χ0v) is 9.57. The van der Waals surface area contributed by atoms with Crippen molar-refractivity contribution in [3.63, 3.8) is 0 Å². The highest BCUT2D eigenvalue weighted by Crippen LogP contribution is 2.32. The molecule has 0 saturated heterocycles. The number of carbonyl (C=O) groups excluding carboxylic acids is 1. The summed E-state index contributed by atoms with van der Waals surface area (Å²) in [6.45, 7) is 0. The van der Waals surface area contributed by atoms with E-state index < -0.39 is 0 Å². The van der Waals surface area contributed by atoms with Crippen LogP contribution in [0.15, 0.2) is 17.0 Å². The van der Waals surface area contributed by atoms with Crippen molar-refractivity contribution in [2.45, 2.75) is 17.7 Å². The first kappa shape index (κ1) is 12.0. The smallest absolute Gasteiger partial charge is 0.135 e. The number of rotatable bonds is 5. The Hall–Kier alpha value is -1.03. The number of hydrogen-bond donors (Lipinski definition) is 0. The van der Waals surface area contributed by atoms with Crippen LogP contribution >= 0.6 is 11.8 Å². The van der Waals surface area contributed by atoms with Crippen LogP contribution in [0.2, 0.25) is 0 Å². The highest BCUT2D eigenvalue weighted by atomic mass is 32.2. The van der Waals surface area contributed by atoms with E-state index in [4.69, 9.17) is 4.74 Å². The van der Waals surface area contributed by atoms with Gasteiger partial charge in [-0.1, -0.05) is 0 Å². The highest BCUT2D eigenvalue weighted by Gasteiger charge is 2.10. The van der Waals surface area contributed by atoms with Crippen LogP contribution in [0.3, 0.4) is 0 Å². The number of aryl methyl sites for hydroxylation is 1. The fraction of sp³-hybridized carbons (Fsp3) is 0.364. The Labute approximate surface area is 92.8 Å². The second-order valence-corrected chi connectivity index (χ2v) is 3.85. The molecule has 0 saturated carbocycles. The van der Waals surface area contributed by atoms with E-state index in [-0.39, 0.29) is 5.82 Å². The van der Waals surface area contributed by atoms with Crippen LogP contribution in [-0.2, 0) is 11.2 Å². The Morgan fingerprint density at radius 2 is 2.27 bits per heavy atom. The maximum Gasteiger partial charge on any atom is 0.135 e. The van der Waals surface area contributed by atoms with Gasteiger partial charge in [-0.05, 0) is 30.4 Å². The molecule has 0 heterocycles.